The summed E-state index contributed by atoms with van der Waals surface area (Å²) in [6.45, 7) is 5.47. The topological polar surface area (TPSA) is 89.6 Å². The molecule has 0 saturated heterocycles. The summed E-state index contributed by atoms with van der Waals surface area (Å²) in [6.07, 6.45) is 3.86. The highest BCUT2D eigenvalue weighted by Gasteiger charge is 2.09. The van der Waals surface area contributed by atoms with Crippen LogP contribution >= 0.6 is 0 Å². The minimum atomic E-state index is -0.200. The lowest BCUT2D eigenvalue weighted by Gasteiger charge is -2.05. The lowest BCUT2D eigenvalue weighted by atomic mass is 10.0. The average molecular weight is 297 g/mol. The number of benzene rings is 1. The van der Waals surface area contributed by atoms with Crippen molar-refractivity contribution in [3.8, 4) is 11.1 Å². The number of nitrogens with two attached hydrogens (primary N) is 1. The van der Waals surface area contributed by atoms with E-state index < -0.39 is 0 Å². The van der Waals surface area contributed by atoms with Gasteiger partial charge in [0.05, 0.1) is 17.3 Å². The Morgan fingerprint density at radius 2 is 2.09 bits per heavy atom. The van der Waals surface area contributed by atoms with Crippen molar-refractivity contribution in [2.45, 2.75) is 26.9 Å². The molecule has 6 nitrogen and oxygen atoms in total. The normalized spacial score (nSPS) is 11.5. The third-order valence-corrected chi connectivity index (χ3v) is 3.58. The van der Waals surface area contributed by atoms with E-state index in [0.29, 0.717) is 17.0 Å². The van der Waals surface area contributed by atoms with E-state index in [1.165, 1.54) is 0 Å². The monoisotopic (exact) mass is 297 g/mol. The summed E-state index contributed by atoms with van der Waals surface area (Å²) in [5.41, 5.74) is 8.22. The summed E-state index contributed by atoms with van der Waals surface area (Å²) < 4.78 is 1.93. The molecule has 1 aromatic carbocycles. The van der Waals surface area contributed by atoms with Crippen LogP contribution in [-0.4, -0.2) is 20.0 Å². The lowest BCUT2D eigenvalue weighted by Crippen LogP contribution is -2.13. The van der Waals surface area contributed by atoms with E-state index in [4.69, 9.17) is 5.73 Å². The zero-order chi connectivity index (χ0) is 15.7. The Morgan fingerprint density at radius 1 is 1.27 bits per heavy atom. The highest BCUT2D eigenvalue weighted by Crippen LogP contribution is 2.24. The highest BCUT2D eigenvalue weighted by atomic mass is 16.1. The minimum absolute atomic E-state index is 0.200. The van der Waals surface area contributed by atoms with Crippen LogP contribution in [0.25, 0.3) is 21.9 Å². The third-order valence-electron chi connectivity index (χ3n) is 3.58. The van der Waals surface area contributed by atoms with Crippen LogP contribution in [0.4, 0.5) is 0 Å². The molecule has 6 heteroatoms. The van der Waals surface area contributed by atoms with Gasteiger partial charge in [-0.2, -0.15) is 10.2 Å². The fourth-order valence-electron chi connectivity index (χ4n) is 2.54. The molecular weight excluding hydrogens is 278 g/mol. The van der Waals surface area contributed by atoms with Crippen LogP contribution < -0.4 is 11.3 Å². The lowest BCUT2D eigenvalue weighted by molar-refractivity contribution is 0.483. The molecule has 0 aliphatic carbocycles. The molecule has 3 N–H and O–H groups in total. The van der Waals surface area contributed by atoms with E-state index in [9.17, 15) is 4.79 Å². The summed E-state index contributed by atoms with van der Waals surface area (Å²) in [7, 11) is 0. The standard InChI is InChI=1S/C16H19N5O/c1-10(2)8-21-9-12(7-18-21)11-3-4-13-14(5-11)15(6-17)19-20-16(13)22/h3-5,7,9-10H,6,8,17H2,1-2H3,(H,20,22). The van der Waals surface area contributed by atoms with Crippen molar-refractivity contribution in [2.75, 3.05) is 0 Å². The van der Waals surface area contributed by atoms with E-state index in [2.05, 4.69) is 29.1 Å². The van der Waals surface area contributed by atoms with E-state index >= 15 is 0 Å². The largest absolute Gasteiger partial charge is 0.325 e. The molecule has 0 aliphatic heterocycles. The molecule has 3 rings (SSSR count). The van der Waals surface area contributed by atoms with Crippen molar-refractivity contribution >= 4 is 10.8 Å². The van der Waals surface area contributed by atoms with Crippen LogP contribution in [0.1, 0.15) is 19.5 Å². The number of hydrogen-bond acceptors (Lipinski definition) is 4. The number of H-pyrrole nitrogens is 1. The van der Waals surface area contributed by atoms with Gasteiger partial charge < -0.3 is 5.73 Å². The second-order valence-corrected chi connectivity index (χ2v) is 5.81. The summed E-state index contributed by atoms with van der Waals surface area (Å²) in [5, 5.41) is 12.3. The first kappa shape index (κ1) is 14.5. The Bertz CT molecular complexity index is 862. The van der Waals surface area contributed by atoms with Gasteiger partial charge in [0.2, 0.25) is 0 Å². The summed E-state index contributed by atoms with van der Waals surface area (Å²) in [4.78, 5) is 11.8. The van der Waals surface area contributed by atoms with Gasteiger partial charge in [0.15, 0.2) is 0 Å². The number of nitrogens with zero attached hydrogens (tertiary/aromatic N) is 3. The Labute approximate surface area is 128 Å². The quantitative estimate of drug-likeness (QED) is 0.769. The predicted molar refractivity (Wildman–Crippen MR) is 86.3 cm³/mol. The molecule has 0 atom stereocenters. The Kier molecular flexibility index (Phi) is 3.77. The molecule has 0 radical (unpaired) electrons. The number of nitrogens with one attached hydrogen (secondary N) is 1. The van der Waals surface area contributed by atoms with Crippen LogP contribution in [0, 0.1) is 5.92 Å². The van der Waals surface area contributed by atoms with Crippen molar-refractivity contribution in [2.24, 2.45) is 11.7 Å². The molecule has 22 heavy (non-hydrogen) atoms. The van der Waals surface area contributed by atoms with Crippen LogP contribution in [-0.2, 0) is 13.1 Å². The van der Waals surface area contributed by atoms with Gasteiger partial charge in [-0.3, -0.25) is 9.48 Å². The van der Waals surface area contributed by atoms with Gasteiger partial charge in [-0.05, 0) is 23.6 Å². The van der Waals surface area contributed by atoms with Gasteiger partial charge in [-0.15, -0.1) is 0 Å². The maximum Gasteiger partial charge on any atom is 0.272 e. The van der Waals surface area contributed by atoms with Gasteiger partial charge in [-0.1, -0.05) is 19.9 Å². The number of aromatic amines is 1. The van der Waals surface area contributed by atoms with Crippen molar-refractivity contribution in [1.82, 2.24) is 20.0 Å². The number of aromatic nitrogens is 4. The number of fused-ring (bicyclic) bond motifs is 1. The van der Waals surface area contributed by atoms with Crippen LogP contribution in [0.5, 0.6) is 0 Å². The highest BCUT2D eigenvalue weighted by molar-refractivity contribution is 5.88. The first-order chi connectivity index (χ1) is 10.6. The molecule has 0 aliphatic rings. The molecule has 2 aromatic heterocycles. The summed E-state index contributed by atoms with van der Waals surface area (Å²) in [5.74, 6) is 0.538. The molecule has 0 bridgehead atoms. The minimum Gasteiger partial charge on any atom is -0.325 e. The van der Waals surface area contributed by atoms with Crippen molar-refractivity contribution in [3.63, 3.8) is 0 Å². The fraction of sp³-hybridized carbons (Fsp3) is 0.312. The molecule has 0 saturated carbocycles. The molecular formula is C16H19N5O. The zero-order valence-corrected chi connectivity index (χ0v) is 12.7. The zero-order valence-electron chi connectivity index (χ0n) is 12.7. The first-order valence-corrected chi connectivity index (χ1v) is 7.32. The van der Waals surface area contributed by atoms with Crippen LogP contribution in [0.15, 0.2) is 35.4 Å². The molecule has 2 heterocycles. The second kappa shape index (κ2) is 5.73. The van der Waals surface area contributed by atoms with Crippen LogP contribution in [0.3, 0.4) is 0 Å². The Balaban J connectivity index is 2.08. The van der Waals surface area contributed by atoms with E-state index in [1.807, 2.05) is 35.3 Å². The summed E-state index contributed by atoms with van der Waals surface area (Å²) >= 11 is 0. The van der Waals surface area contributed by atoms with Crippen molar-refractivity contribution in [1.29, 1.82) is 0 Å². The predicted octanol–water partition coefficient (Wildman–Crippen LogP) is 1.90. The molecule has 3 aromatic rings. The number of rotatable bonds is 4. The molecule has 0 spiro atoms. The fourth-order valence-corrected chi connectivity index (χ4v) is 2.54. The smallest absolute Gasteiger partial charge is 0.272 e. The molecule has 114 valence electrons. The van der Waals surface area contributed by atoms with E-state index in [1.54, 1.807) is 0 Å². The van der Waals surface area contributed by atoms with Gasteiger partial charge >= 0.3 is 0 Å². The average Bonchev–Trinajstić information content (AvgIpc) is 2.95. The van der Waals surface area contributed by atoms with Crippen molar-refractivity contribution < 1.29 is 0 Å². The molecule has 0 amide bonds. The second-order valence-electron chi connectivity index (χ2n) is 5.81. The van der Waals surface area contributed by atoms with Crippen LogP contribution in [0.2, 0.25) is 0 Å². The summed E-state index contributed by atoms with van der Waals surface area (Å²) in [6, 6.07) is 5.69. The van der Waals surface area contributed by atoms with E-state index in [-0.39, 0.29) is 12.1 Å². The van der Waals surface area contributed by atoms with Gasteiger partial charge in [0, 0.05) is 30.2 Å². The Hall–Kier alpha value is -2.47. The SMILES string of the molecule is CC(C)Cn1cc(-c2ccc3c(=O)[nH]nc(CN)c3c2)cn1. The number of hydrogen-bond donors (Lipinski definition) is 2. The Morgan fingerprint density at radius 3 is 2.82 bits per heavy atom. The molecule has 0 unspecified atom stereocenters. The van der Waals surface area contributed by atoms with Crippen molar-refractivity contribution in [3.05, 3.63) is 46.6 Å². The first-order valence-electron chi connectivity index (χ1n) is 7.32. The third kappa shape index (κ3) is 2.65. The maximum absolute atomic E-state index is 11.8. The maximum atomic E-state index is 11.8. The van der Waals surface area contributed by atoms with Gasteiger partial charge in [-0.25, -0.2) is 5.10 Å². The van der Waals surface area contributed by atoms with Gasteiger partial charge in [0.1, 0.15) is 0 Å². The van der Waals surface area contributed by atoms with E-state index in [0.717, 1.165) is 23.1 Å². The molecule has 0 fully saturated rings. The van der Waals surface area contributed by atoms with Gasteiger partial charge in [0.25, 0.3) is 5.56 Å².